The summed E-state index contributed by atoms with van der Waals surface area (Å²) in [6, 6.07) is 46.8. The fraction of sp³-hybridized carbons (Fsp3) is 0.227. The van der Waals surface area contributed by atoms with Crippen LogP contribution in [0.1, 0.15) is 39.5 Å². The zero-order valence-corrected chi connectivity index (χ0v) is 29.2. The number of carbonyl (C=O) groups is 1. The van der Waals surface area contributed by atoms with Gasteiger partial charge in [0, 0.05) is 52.0 Å². The first-order valence-corrected chi connectivity index (χ1v) is 17.6. The molecule has 0 saturated heterocycles. The molecule has 7 heteroatoms. The molecule has 0 atom stereocenters. The van der Waals surface area contributed by atoms with Crippen LogP contribution in [0.25, 0.3) is 10.9 Å². The number of hydrogen-bond acceptors (Lipinski definition) is 6. The maximum Gasteiger partial charge on any atom is 0.343 e. The van der Waals surface area contributed by atoms with Crippen LogP contribution in [-0.4, -0.2) is 46.6 Å². The molecule has 0 aliphatic rings. The smallest absolute Gasteiger partial charge is 0.343 e. The van der Waals surface area contributed by atoms with Crippen molar-refractivity contribution in [3.05, 3.63) is 184 Å². The number of carbonyl (C=O) groups excluding carboxylic acids is 1. The summed E-state index contributed by atoms with van der Waals surface area (Å²) < 4.78 is 13.9. The lowest BCUT2D eigenvalue weighted by Gasteiger charge is -2.23. The minimum Gasteiger partial charge on any atom is -0.492 e. The van der Waals surface area contributed by atoms with E-state index in [1.165, 1.54) is 22.3 Å². The van der Waals surface area contributed by atoms with Crippen molar-refractivity contribution < 1.29 is 14.3 Å². The van der Waals surface area contributed by atoms with E-state index in [1.54, 1.807) is 12.3 Å². The van der Waals surface area contributed by atoms with Crippen molar-refractivity contribution in [3.63, 3.8) is 0 Å². The van der Waals surface area contributed by atoms with Crippen LogP contribution in [0.2, 0.25) is 0 Å². The molecule has 0 fully saturated rings. The maximum absolute atomic E-state index is 13.8. The topological polar surface area (TPSA) is 64.0 Å². The van der Waals surface area contributed by atoms with Crippen molar-refractivity contribution in [1.82, 2.24) is 14.4 Å². The van der Waals surface area contributed by atoms with E-state index in [2.05, 4.69) is 82.6 Å². The molecule has 1 heterocycles. The maximum atomic E-state index is 13.8. The van der Waals surface area contributed by atoms with Crippen LogP contribution >= 0.6 is 0 Å². The second-order valence-corrected chi connectivity index (χ2v) is 12.7. The van der Waals surface area contributed by atoms with Gasteiger partial charge in [-0.1, -0.05) is 121 Å². The molecular formula is C44H45N3O4. The van der Waals surface area contributed by atoms with E-state index in [0.29, 0.717) is 50.5 Å². The van der Waals surface area contributed by atoms with Gasteiger partial charge in [0.1, 0.15) is 24.5 Å². The molecule has 0 bridgehead atoms. The number of pyridine rings is 1. The lowest BCUT2D eigenvalue weighted by atomic mass is 10.1. The van der Waals surface area contributed by atoms with Gasteiger partial charge in [-0.2, -0.15) is 0 Å². The molecule has 7 nitrogen and oxygen atoms in total. The summed E-state index contributed by atoms with van der Waals surface area (Å²) in [5.74, 6) is -0.0307. The number of ether oxygens (including phenoxy) is 2. The molecule has 51 heavy (non-hydrogen) atoms. The van der Waals surface area contributed by atoms with Gasteiger partial charge in [-0.25, -0.2) is 4.79 Å². The highest BCUT2D eigenvalue weighted by molar-refractivity contribution is 5.94. The third kappa shape index (κ3) is 10.0. The second-order valence-electron chi connectivity index (χ2n) is 12.7. The number of rotatable bonds is 17. The number of benzene rings is 5. The summed E-state index contributed by atoms with van der Waals surface area (Å²) in [5.41, 5.74) is 5.24. The Kier molecular flexibility index (Phi) is 12.4. The molecule has 0 N–H and O–H groups in total. The van der Waals surface area contributed by atoms with Gasteiger partial charge in [0.05, 0.1) is 10.9 Å². The first kappa shape index (κ1) is 35.3. The zero-order valence-electron chi connectivity index (χ0n) is 29.2. The molecule has 0 aliphatic heterocycles. The van der Waals surface area contributed by atoms with Crippen molar-refractivity contribution in [2.45, 2.75) is 39.6 Å². The van der Waals surface area contributed by atoms with Gasteiger partial charge in [0.15, 0.2) is 0 Å². The van der Waals surface area contributed by atoms with Crippen LogP contribution in [0.4, 0.5) is 0 Å². The van der Waals surface area contributed by atoms with Crippen LogP contribution in [-0.2, 0) is 37.5 Å². The van der Waals surface area contributed by atoms with Gasteiger partial charge >= 0.3 is 5.97 Å². The molecule has 0 spiro atoms. The van der Waals surface area contributed by atoms with E-state index >= 15 is 0 Å². The van der Waals surface area contributed by atoms with Gasteiger partial charge in [0.2, 0.25) is 5.43 Å². The van der Waals surface area contributed by atoms with Gasteiger partial charge in [0.25, 0.3) is 0 Å². The van der Waals surface area contributed by atoms with E-state index in [1.807, 2.05) is 72.2 Å². The molecule has 0 aliphatic carbocycles. The Balaban J connectivity index is 1.12. The molecule has 0 saturated carbocycles. The molecule has 6 aromatic rings. The normalized spacial score (nSPS) is 11.3. The van der Waals surface area contributed by atoms with E-state index in [0.717, 1.165) is 18.6 Å². The first-order chi connectivity index (χ1) is 25.1. The highest BCUT2D eigenvalue weighted by Crippen LogP contribution is 2.21. The van der Waals surface area contributed by atoms with Crippen molar-refractivity contribution in [2.75, 3.05) is 26.3 Å². The Morgan fingerprint density at radius 1 is 0.608 bits per heavy atom. The summed E-state index contributed by atoms with van der Waals surface area (Å²) in [5, 5.41) is 0.434. The minimum absolute atomic E-state index is 0.0241. The monoisotopic (exact) mass is 679 g/mol. The highest BCUT2D eigenvalue weighted by Gasteiger charge is 2.18. The number of fused-ring (bicyclic) bond motifs is 1. The summed E-state index contributed by atoms with van der Waals surface area (Å²) >= 11 is 0. The Morgan fingerprint density at radius 3 is 1.51 bits per heavy atom. The Bertz CT molecular complexity index is 1950. The average molecular weight is 680 g/mol. The van der Waals surface area contributed by atoms with E-state index in [4.69, 9.17) is 9.47 Å². The predicted molar refractivity (Wildman–Crippen MR) is 204 cm³/mol. The number of hydrogen-bond donors (Lipinski definition) is 0. The standard InChI is InChI=1S/C44H45N3O4/c1-2-47-34-41(44(49)51-28-26-46(32-37-19-11-5-12-20-37)33-38-21-13-6-14-22-38)43(48)40-29-39(23-24-42(40)47)50-27-25-45(30-35-15-7-3-8-16-35)31-36-17-9-4-10-18-36/h3-24,29,34H,2,25-28,30-33H2,1H3. The summed E-state index contributed by atoms with van der Waals surface area (Å²) in [6.45, 7) is 7.41. The highest BCUT2D eigenvalue weighted by atomic mass is 16.5. The second kappa shape index (κ2) is 17.9. The van der Waals surface area contributed by atoms with E-state index in [9.17, 15) is 9.59 Å². The summed E-state index contributed by atoms with van der Waals surface area (Å²) in [4.78, 5) is 31.8. The first-order valence-electron chi connectivity index (χ1n) is 17.6. The minimum atomic E-state index is -0.618. The van der Waals surface area contributed by atoms with E-state index in [-0.39, 0.29) is 17.6 Å². The molecule has 260 valence electrons. The largest absolute Gasteiger partial charge is 0.492 e. The Hall–Kier alpha value is -5.50. The van der Waals surface area contributed by atoms with Gasteiger partial charge in [-0.3, -0.25) is 14.6 Å². The van der Waals surface area contributed by atoms with Gasteiger partial charge < -0.3 is 14.0 Å². The van der Waals surface area contributed by atoms with Crippen LogP contribution in [0.15, 0.2) is 151 Å². The molecule has 0 unspecified atom stereocenters. The average Bonchev–Trinajstić information content (AvgIpc) is 3.16. The fourth-order valence-electron chi connectivity index (χ4n) is 6.31. The van der Waals surface area contributed by atoms with Crippen LogP contribution in [0.5, 0.6) is 5.75 Å². The number of aryl methyl sites for hydroxylation is 1. The zero-order chi connectivity index (χ0) is 35.3. The van der Waals surface area contributed by atoms with Crippen molar-refractivity contribution in [1.29, 1.82) is 0 Å². The molecule has 1 aromatic heterocycles. The van der Waals surface area contributed by atoms with Crippen molar-refractivity contribution in [3.8, 4) is 5.75 Å². The fourth-order valence-corrected chi connectivity index (χ4v) is 6.31. The van der Waals surface area contributed by atoms with Gasteiger partial charge in [-0.15, -0.1) is 0 Å². The number of esters is 1. The third-order valence-corrected chi connectivity index (χ3v) is 8.93. The summed E-state index contributed by atoms with van der Waals surface area (Å²) in [7, 11) is 0. The van der Waals surface area contributed by atoms with Crippen LogP contribution in [0, 0.1) is 0 Å². The number of nitrogens with zero attached hydrogens (tertiary/aromatic N) is 3. The Labute approximate surface area is 300 Å². The molecule has 6 rings (SSSR count). The van der Waals surface area contributed by atoms with Gasteiger partial charge in [-0.05, 0) is 47.4 Å². The quantitative estimate of drug-likeness (QED) is 0.0912. The Morgan fingerprint density at radius 2 is 1.06 bits per heavy atom. The molecule has 0 radical (unpaired) electrons. The number of aromatic nitrogens is 1. The van der Waals surface area contributed by atoms with Crippen molar-refractivity contribution >= 4 is 16.9 Å². The third-order valence-electron chi connectivity index (χ3n) is 8.93. The molecule has 0 amide bonds. The molecule has 5 aromatic carbocycles. The van der Waals surface area contributed by atoms with Crippen LogP contribution in [0.3, 0.4) is 0 Å². The summed E-state index contributed by atoms with van der Waals surface area (Å²) in [6.07, 6.45) is 1.62. The van der Waals surface area contributed by atoms with Crippen LogP contribution < -0.4 is 10.2 Å². The van der Waals surface area contributed by atoms with E-state index < -0.39 is 5.97 Å². The van der Waals surface area contributed by atoms with Crippen molar-refractivity contribution in [2.24, 2.45) is 0 Å². The SMILES string of the molecule is CCn1cc(C(=O)OCCN(Cc2ccccc2)Cc2ccccc2)c(=O)c2cc(OCCN(Cc3ccccc3)Cc3ccccc3)ccc21. The predicted octanol–water partition coefficient (Wildman–Crippen LogP) is 7.96. The lowest BCUT2D eigenvalue weighted by Crippen LogP contribution is -2.29. The molecular weight excluding hydrogens is 635 g/mol. The lowest BCUT2D eigenvalue weighted by molar-refractivity contribution is 0.0451.